The molecule has 5 aliphatic rings. The van der Waals surface area contributed by atoms with Crippen LogP contribution >= 0.6 is 0 Å². The second kappa shape index (κ2) is 7.86. The summed E-state index contributed by atoms with van der Waals surface area (Å²) in [6, 6.07) is 0. The Balaban J connectivity index is 1.43. The Morgan fingerprint density at radius 2 is 1.77 bits per heavy atom. The SMILES string of the molecule is C=CC[C@@H]1C[C@H]2CC3(CC[C@]2(C)C2CC[C@@]4(C)C(CC[C@@H]4OCOC)C21)OCCO3. The third kappa shape index (κ3) is 3.16. The Morgan fingerprint density at radius 1 is 1.00 bits per heavy atom. The molecule has 1 saturated heterocycles. The molecule has 8 atom stereocenters. The molecule has 0 amide bonds. The first-order valence-corrected chi connectivity index (χ1v) is 12.5. The Bertz CT molecular complexity index is 643. The minimum absolute atomic E-state index is 0.272. The van der Waals surface area contributed by atoms with Gasteiger partial charge in [0.15, 0.2) is 5.79 Å². The summed E-state index contributed by atoms with van der Waals surface area (Å²) in [5, 5.41) is 0. The van der Waals surface area contributed by atoms with Gasteiger partial charge in [0.25, 0.3) is 0 Å². The lowest BCUT2D eigenvalue weighted by Crippen LogP contribution is -2.59. The fourth-order valence-corrected chi connectivity index (χ4v) is 8.96. The van der Waals surface area contributed by atoms with Gasteiger partial charge in [0.05, 0.1) is 19.3 Å². The number of rotatable bonds is 5. The second-order valence-corrected chi connectivity index (χ2v) is 11.5. The quantitative estimate of drug-likeness (QED) is 0.432. The monoisotopic (exact) mass is 418 g/mol. The van der Waals surface area contributed by atoms with Crippen LogP contribution < -0.4 is 0 Å². The van der Waals surface area contributed by atoms with E-state index >= 15 is 0 Å². The van der Waals surface area contributed by atoms with Gasteiger partial charge in [-0.15, -0.1) is 6.58 Å². The molecular weight excluding hydrogens is 376 g/mol. The van der Waals surface area contributed by atoms with Crippen molar-refractivity contribution in [3.05, 3.63) is 12.7 Å². The van der Waals surface area contributed by atoms with E-state index in [0.29, 0.717) is 29.6 Å². The van der Waals surface area contributed by atoms with Crippen molar-refractivity contribution in [1.29, 1.82) is 0 Å². The third-order valence-corrected chi connectivity index (χ3v) is 10.4. The molecule has 0 N–H and O–H groups in total. The van der Waals surface area contributed by atoms with Crippen molar-refractivity contribution < 1.29 is 18.9 Å². The Morgan fingerprint density at radius 3 is 2.50 bits per heavy atom. The van der Waals surface area contributed by atoms with Gasteiger partial charge in [-0.3, -0.25) is 0 Å². The molecule has 0 radical (unpaired) electrons. The summed E-state index contributed by atoms with van der Waals surface area (Å²) in [5.74, 6) is 3.58. The van der Waals surface area contributed by atoms with Crippen LogP contribution in [0.25, 0.3) is 0 Å². The number of ether oxygens (including phenoxy) is 4. The fourth-order valence-electron chi connectivity index (χ4n) is 8.96. The molecule has 4 saturated carbocycles. The summed E-state index contributed by atoms with van der Waals surface area (Å²) >= 11 is 0. The minimum Gasteiger partial charge on any atom is -0.359 e. The largest absolute Gasteiger partial charge is 0.359 e. The van der Waals surface area contributed by atoms with E-state index in [0.717, 1.165) is 56.1 Å². The lowest BCUT2D eigenvalue weighted by Gasteiger charge is -2.64. The number of methoxy groups -OCH3 is 1. The maximum absolute atomic E-state index is 6.22. The van der Waals surface area contributed by atoms with E-state index in [-0.39, 0.29) is 5.79 Å². The van der Waals surface area contributed by atoms with Gasteiger partial charge < -0.3 is 18.9 Å². The third-order valence-electron chi connectivity index (χ3n) is 10.4. The van der Waals surface area contributed by atoms with Crippen molar-refractivity contribution >= 4 is 0 Å². The van der Waals surface area contributed by atoms with E-state index in [1.165, 1.54) is 38.5 Å². The van der Waals surface area contributed by atoms with Crippen LogP contribution in [-0.2, 0) is 18.9 Å². The van der Waals surface area contributed by atoms with Gasteiger partial charge in [-0.2, -0.15) is 0 Å². The van der Waals surface area contributed by atoms with Crippen LogP contribution in [-0.4, -0.2) is 39.0 Å². The molecule has 5 rings (SSSR count). The highest BCUT2D eigenvalue weighted by Crippen LogP contribution is 2.69. The van der Waals surface area contributed by atoms with E-state index < -0.39 is 0 Å². The first-order chi connectivity index (χ1) is 14.5. The summed E-state index contributed by atoms with van der Waals surface area (Å²) in [6.07, 6.45) is 13.6. The molecule has 30 heavy (non-hydrogen) atoms. The van der Waals surface area contributed by atoms with Crippen molar-refractivity contribution in [2.45, 2.75) is 83.5 Å². The molecule has 4 nitrogen and oxygen atoms in total. The Labute approximate surface area is 183 Å². The van der Waals surface area contributed by atoms with Crippen LogP contribution in [0.2, 0.25) is 0 Å². The van der Waals surface area contributed by atoms with Crippen molar-refractivity contribution in [1.82, 2.24) is 0 Å². The first-order valence-electron chi connectivity index (χ1n) is 12.5. The molecule has 4 aliphatic carbocycles. The summed E-state index contributed by atoms with van der Waals surface area (Å²) in [4.78, 5) is 0. The standard InChI is InChI=1S/C26H42O4/c1-5-6-18-15-19-16-26(29-13-14-30-26)12-11-24(19,2)21-9-10-25(3)20(23(18)21)7-8-22(25)28-17-27-4/h5,18-23H,1,6-17H2,2-4H3/t18-,19+,20?,21?,22+,23?,24+,25+/m1/s1. The summed E-state index contributed by atoms with van der Waals surface area (Å²) in [5.41, 5.74) is 0.728. The van der Waals surface area contributed by atoms with Crippen molar-refractivity contribution in [3.8, 4) is 0 Å². The molecule has 1 aliphatic heterocycles. The van der Waals surface area contributed by atoms with Crippen molar-refractivity contribution in [2.75, 3.05) is 27.1 Å². The van der Waals surface area contributed by atoms with Crippen LogP contribution in [0.5, 0.6) is 0 Å². The molecule has 0 aromatic carbocycles. The van der Waals surface area contributed by atoms with Crippen LogP contribution in [0.4, 0.5) is 0 Å². The number of hydrogen-bond acceptors (Lipinski definition) is 4. The van der Waals surface area contributed by atoms with Gasteiger partial charge in [0, 0.05) is 20.0 Å². The molecule has 0 bridgehead atoms. The molecule has 0 aromatic rings. The van der Waals surface area contributed by atoms with Gasteiger partial charge in [0.1, 0.15) is 6.79 Å². The predicted octanol–water partition coefficient (Wildman–Crippen LogP) is 5.56. The molecule has 5 fully saturated rings. The van der Waals surface area contributed by atoms with Crippen molar-refractivity contribution in [3.63, 3.8) is 0 Å². The van der Waals surface area contributed by atoms with Crippen molar-refractivity contribution in [2.24, 2.45) is 40.4 Å². The van der Waals surface area contributed by atoms with Crippen LogP contribution in [0.3, 0.4) is 0 Å². The molecule has 170 valence electrons. The minimum atomic E-state index is -0.272. The molecule has 1 spiro atoms. The van der Waals surface area contributed by atoms with E-state index in [1.54, 1.807) is 7.11 Å². The maximum Gasteiger partial charge on any atom is 0.168 e. The second-order valence-electron chi connectivity index (χ2n) is 11.5. The van der Waals surface area contributed by atoms with E-state index in [4.69, 9.17) is 18.9 Å². The zero-order valence-corrected chi connectivity index (χ0v) is 19.4. The normalized spacial score (nSPS) is 49.4. The summed E-state index contributed by atoms with van der Waals surface area (Å²) < 4.78 is 23.8. The fraction of sp³-hybridized carbons (Fsp3) is 0.923. The van der Waals surface area contributed by atoms with Gasteiger partial charge >= 0.3 is 0 Å². The highest BCUT2D eigenvalue weighted by molar-refractivity contribution is 5.12. The Kier molecular flexibility index (Phi) is 5.62. The molecular formula is C26H42O4. The highest BCUT2D eigenvalue weighted by Gasteiger charge is 2.64. The summed E-state index contributed by atoms with van der Waals surface area (Å²) in [7, 11) is 1.74. The molecule has 3 unspecified atom stereocenters. The lowest BCUT2D eigenvalue weighted by atomic mass is 9.42. The van der Waals surface area contributed by atoms with E-state index in [9.17, 15) is 0 Å². The summed E-state index contributed by atoms with van der Waals surface area (Å²) in [6.45, 7) is 11.3. The molecule has 1 heterocycles. The average Bonchev–Trinajstić information content (AvgIpc) is 3.32. The number of allylic oxidation sites excluding steroid dienone is 1. The Hall–Kier alpha value is -0.420. The molecule has 4 heteroatoms. The number of hydrogen-bond donors (Lipinski definition) is 0. The van der Waals surface area contributed by atoms with Gasteiger partial charge in [-0.05, 0) is 85.4 Å². The van der Waals surface area contributed by atoms with E-state index in [2.05, 4.69) is 26.5 Å². The predicted molar refractivity (Wildman–Crippen MR) is 117 cm³/mol. The van der Waals surface area contributed by atoms with Crippen LogP contribution in [0.1, 0.15) is 71.6 Å². The van der Waals surface area contributed by atoms with E-state index in [1.807, 2.05) is 0 Å². The highest BCUT2D eigenvalue weighted by atomic mass is 16.7. The van der Waals surface area contributed by atoms with Crippen LogP contribution in [0.15, 0.2) is 12.7 Å². The lowest BCUT2D eigenvalue weighted by molar-refractivity contribution is -0.238. The van der Waals surface area contributed by atoms with Crippen LogP contribution in [0, 0.1) is 40.4 Å². The first kappa shape index (κ1) is 21.4. The zero-order chi connectivity index (χ0) is 21.0. The van der Waals surface area contributed by atoms with Gasteiger partial charge in [-0.25, -0.2) is 0 Å². The number of fused-ring (bicyclic) bond motifs is 5. The average molecular weight is 419 g/mol. The molecule has 0 aromatic heterocycles. The van der Waals surface area contributed by atoms with Gasteiger partial charge in [0.2, 0.25) is 0 Å². The smallest absolute Gasteiger partial charge is 0.168 e. The van der Waals surface area contributed by atoms with Gasteiger partial charge in [-0.1, -0.05) is 19.9 Å². The topological polar surface area (TPSA) is 36.9 Å². The maximum atomic E-state index is 6.22. The zero-order valence-electron chi connectivity index (χ0n) is 19.4.